The summed E-state index contributed by atoms with van der Waals surface area (Å²) in [4.78, 5) is 54.8. The first-order valence-corrected chi connectivity index (χ1v) is 33.2. The second kappa shape index (κ2) is 33.0. The molecule has 482 valence electrons. The molecule has 0 aliphatic heterocycles. The van der Waals surface area contributed by atoms with Crippen molar-refractivity contribution in [2.24, 2.45) is 13.0 Å². The molecule has 2 N–H and O–H groups in total. The van der Waals surface area contributed by atoms with Gasteiger partial charge in [0.05, 0.1) is 85.9 Å². The standard InChI is InChI=1S/C24H23BrFN3O2.C21H21BrClFN2O5S.C20H20Cl2N2O3.CH4/c1-15-9-18(25)6-5-17(15)10-20-19(22(30)13-31-12-16-3-4-16)11-21-24(23(20)26)28-14-29(21)8-7-27-2;1-32(29,30)7-4-26-12-25-21-18(26)10-15(19(28)11-31-6-5-27)16(20(21)24)8-13-2-3-14(22)9-17(13)23;1-12-3-4-13(16(21)7-12)8-15-14(18(26)10-27-6-5-25)9-17-20(19(15)22)23-11-24(17)2;/h5-6,9,11,14,16H,3-4,7-8,10,12-13H2,1H3;2-3,9-10,12,27H,4-8,11H2,1H3;3-4,7,9,11,25H,5-6,8,10H2,1-2H3;1H4. The number of Topliss-reactive ketones (excluding diaryl/α,β-unsaturated/α-hetero) is 3. The molecule has 91 heavy (non-hydrogen) atoms. The second-order valence-corrected chi connectivity index (χ2v) is 27.0. The van der Waals surface area contributed by atoms with Crippen LogP contribution in [-0.4, -0.2) is 136 Å². The monoisotopic (exact) mass is 1450 g/mol. The molecule has 0 bridgehead atoms. The van der Waals surface area contributed by atoms with Crippen molar-refractivity contribution < 1.29 is 56.0 Å². The Kier molecular flexibility index (Phi) is 26.1. The van der Waals surface area contributed by atoms with Gasteiger partial charge >= 0.3 is 0 Å². The number of aromatic nitrogens is 6. The van der Waals surface area contributed by atoms with Gasteiger partial charge in [0.25, 0.3) is 0 Å². The van der Waals surface area contributed by atoms with Crippen LogP contribution in [0.1, 0.15) is 95.8 Å². The molecule has 0 unspecified atom stereocenters. The molecule has 9 aromatic rings. The van der Waals surface area contributed by atoms with Crippen LogP contribution in [0.5, 0.6) is 0 Å². The summed E-state index contributed by atoms with van der Waals surface area (Å²) in [6.45, 7) is 11.4. The van der Waals surface area contributed by atoms with E-state index >= 15 is 8.78 Å². The SMILES string of the molecule is C.CS(=O)(=O)CCn1cnc2c(F)c(Cc3ccc(Br)cc3Cl)c(C(=O)COCCO)cc21.Cc1ccc(Cc2c(C(=O)COCCO)cc3c(ncn3C)c2Cl)c(Cl)c1.[C-]#[N+]CCn1cnc2c(F)c(Cc3ccc(Br)cc3C)c(C(=O)COCC3CC3)cc21. The average molecular weight is 1460 g/mol. The van der Waals surface area contributed by atoms with E-state index in [0.29, 0.717) is 91.3 Å². The number of aryl methyl sites for hydroxylation is 4. The van der Waals surface area contributed by atoms with Crippen LogP contribution >= 0.6 is 66.7 Å². The number of nitrogens with zero attached hydrogens (tertiary/aromatic N) is 7. The lowest BCUT2D eigenvalue weighted by molar-refractivity contribution is 0.0658. The molecule has 3 heterocycles. The average Bonchev–Trinajstić information content (AvgIpc) is 1.76. The number of imidazole rings is 3. The van der Waals surface area contributed by atoms with Gasteiger partial charge < -0.3 is 43.0 Å². The van der Waals surface area contributed by atoms with Crippen molar-refractivity contribution in [3.8, 4) is 0 Å². The van der Waals surface area contributed by atoms with Crippen LogP contribution in [0.2, 0.25) is 15.1 Å². The minimum atomic E-state index is -3.25. The number of ketones is 3. The molecule has 0 spiro atoms. The Morgan fingerprint density at radius 2 is 1.13 bits per heavy atom. The number of carbonyl (C=O) groups is 3. The molecule has 1 aliphatic rings. The summed E-state index contributed by atoms with van der Waals surface area (Å²) in [5.41, 5.74) is 9.06. The maximum Gasteiger partial charge on any atom is 0.232 e. The summed E-state index contributed by atoms with van der Waals surface area (Å²) < 4.78 is 77.1. The maximum atomic E-state index is 15.6. The first kappa shape index (κ1) is 72.1. The lowest BCUT2D eigenvalue weighted by Crippen LogP contribution is -2.16. The maximum absolute atomic E-state index is 15.6. The number of aliphatic hydroxyl groups excluding tert-OH is 2. The summed E-state index contributed by atoms with van der Waals surface area (Å²) >= 11 is 26.1. The minimum absolute atomic E-state index is 0. The molecule has 0 amide bonds. The number of ether oxygens (including phenoxy) is 3. The van der Waals surface area contributed by atoms with Crippen LogP contribution in [0.15, 0.2) is 101 Å². The van der Waals surface area contributed by atoms with Gasteiger partial charge in [-0.2, -0.15) is 0 Å². The highest BCUT2D eigenvalue weighted by atomic mass is 79.9. The molecular weight excluding hydrogens is 1390 g/mol. The molecule has 6 aromatic carbocycles. The Balaban J connectivity index is 0.000000194. The van der Waals surface area contributed by atoms with E-state index in [1.54, 1.807) is 41.2 Å². The van der Waals surface area contributed by atoms with E-state index in [1.165, 1.54) is 23.3 Å². The largest absolute Gasteiger partial charge is 0.394 e. The number of hydrogen-bond donors (Lipinski definition) is 2. The lowest BCUT2D eigenvalue weighted by atomic mass is 9.94. The van der Waals surface area contributed by atoms with E-state index in [-0.39, 0.29) is 113 Å². The number of sulfone groups is 1. The Morgan fingerprint density at radius 1 is 0.659 bits per heavy atom. The normalized spacial score (nSPS) is 12.1. The summed E-state index contributed by atoms with van der Waals surface area (Å²) in [5, 5.41) is 19.2. The predicted molar refractivity (Wildman–Crippen MR) is 358 cm³/mol. The van der Waals surface area contributed by atoms with Crippen LogP contribution in [0.4, 0.5) is 8.78 Å². The number of benzene rings is 6. The lowest BCUT2D eigenvalue weighted by Gasteiger charge is -2.14. The first-order valence-electron chi connectivity index (χ1n) is 28.4. The molecule has 0 saturated heterocycles. The van der Waals surface area contributed by atoms with Crippen molar-refractivity contribution >= 4 is 127 Å². The smallest absolute Gasteiger partial charge is 0.232 e. The van der Waals surface area contributed by atoms with Gasteiger partial charge in [0.15, 0.2) is 29.0 Å². The third kappa shape index (κ3) is 18.7. The van der Waals surface area contributed by atoms with Crippen LogP contribution in [0.3, 0.4) is 0 Å². The predicted octanol–water partition coefficient (Wildman–Crippen LogP) is 13.4. The number of halogens is 7. The van der Waals surface area contributed by atoms with Gasteiger partial charge in [-0.3, -0.25) is 14.4 Å². The van der Waals surface area contributed by atoms with Gasteiger partial charge in [-0.1, -0.05) is 98.4 Å². The van der Waals surface area contributed by atoms with Gasteiger partial charge in [0, 0.05) is 85.9 Å². The van der Waals surface area contributed by atoms with E-state index in [1.807, 2.05) is 61.9 Å². The van der Waals surface area contributed by atoms with Crippen molar-refractivity contribution in [3.05, 3.63) is 200 Å². The van der Waals surface area contributed by atoms with Crippen molar-refractivity contribution in [1.82, 2.24) is 28.7 Å². The first-order chi connectivity index (χ1) is 43.0. The minimum Gasteiger partial charge on any atom is -0.394 e. The third-order valence-corrected chi connectivity index (χ3v) is 17.9. The van der Waals surface area contributed by atoms with E-state index in [9.17, 15) is 22.8 Å². The van der Waals surface area contributed by atoms with Crippen molar-refractivity contribution in [3.63, 3.8) is 0 Å². The topological polar surface area (TPSA) is 211 Å². The summed E-state index contributed by atoms with van der Waals surface area (Å²) in [7, 11) is -1.40. The molecule has 1 saturated carbocycles. The molecule has 0 atom stereocenters. The fraction of sp³-hybridized carbons (Fsp3) is 0.348. The van der Waals surface area contributed by atoms with Crippen LogP contribution in [-0.2, 0) is 63.4 Å². The highest BCUT2D eigenvalue weighted by molar-refractivity contribution is 9.10. The quantitative estimate of drug-likeness (QED) is 0.0294. The highest BCUT2D eigenvalue weighted by Crippen LogP contribution is 2.35. The Bertz CT molecular complexity index is 4300. The number of aliphatic hydroxyl groups is 2. The summed E-state index contributed by atoms with van der Waals surface area (Å²) in [6.07, 6.45) is 8.69. The van der Waals surface area contributed by atoms with E-state index in [2.05, 4.69) is 51.7 Å². The van der Waals surface area contributed by atoms with Gasteiger partial charge in [0.1, 0.15) is 46.2 Å². The number of carbonyl (C=O) groups excluding carboxylic acids is 3. The van der Waals surface area contributed by atoms with Gasteiger partial charge in [-0.25, -0.2) is 38.7 Å². The molecule has 1 aliphatic carbocycles. The van der Waals surface area contributed by atoms with Crippen molar-refractivity contribution in [1.29, 1.82) is 0 Å². The fourth-order valence-electron chi connectivity index (χ4n) is 9.89. The second-order valence-electron chi connectivity index (χ2n) is 21.7. The van der Waals surface area contributed by atoms with Crippen LogP contribution in [0, 0.1) is 38.0 Å². The number of rotatable bonds is 26. The van der Waals surface area contributed by atoms with E-state index in [4.69, 9.17) is 65.8 Å². The number of hydrogen-bond acceptors (Lipinski definition) is 13. The highest BCUT2D eigenvalue weighted by Gasteiger charge is 2.27. The van der Waals surface area contributed by atoms with Gasteiger partial charge in [0.2, 0.25) is 6.54 Å². The van der Waals surface area contributed by atoms with Crippen molar-refractivity contribution in [2.45, 2.75) is 66.5 Å². The zero-order chi connectivity index (χ0) is 65.0. The molecule has 25 heteroatoms. The third-order valence-electron chi connectivity index (χ3n) is 14.9. The zero-order valence-corrected chi connectivity index (χ0v) is 55.9. The Labute approximate surface area is 558 Å². The zero-order valence-electron chi connectivity index (χ0n) is 49.6. The van der Waals surface area contributed by atoms with Gasteiger partial charge in [-0.05, 0) is 115 Å². The molecular formula is C66H68Br2Cl3F2N7O10S. The molecule has 3 aromatic heterocycles. The fourth-order valence-corrected chi connectivity index (χ4v) is 12.2. The van der Waals surface area contributed by atoms with Crippen LogP contribution < -0.4 is 0 Å². The summed E-state index contributed by atoms with van der Waals surface area (Å²) in [6, 6.07) is 21.8. The Morgan fingerprint density at radius 3 is 1.65 bits per heavy atom. The molecule has 10 rings (SSSR count). The molecule has 17 nitrogen and oxygen atoms in total. The number of fused-ring (bicyclic) bond motifs is 3. The van der Waals surface area contributed by atoms with Crippen molar-refractivity contribution in [2.75, 3.05) is 71.4 Å². The Hall–Kier alpha value is -6.33. The van der Waals surface area contributed by atoms with Gasteiger partial charge in [-0.15, -0.1) is 0 Å². The molecule has 0 radical (unpaired) electrons. The summed E-state index contributed by atoms with van der Waals surface area (Å²) in [5.74, 6) is -1.67. The molecule has 1 fully saturated rings. The van der Waals surface area contributed by atoms with E-state index < -0.39 is 27.3 Å². The van der Waals surface area contributed by atoms with Crippen LogP contribution in [0.25, 0.3) is 37.9 Å². The van der Waals surface area contributed by atoms with E-state index in [0.717, 1.165) is 55.8 Å².